The van der Waals surface area contributed by atoms with E-state index in [0.29, 0.717) is 10.1 Å². The summed E-state index contributed by atoms with van der Waals surface area (Å²) in [6.45, 7) is 0. The average Bonchev–Trinajstić information content (AvgIpc) is 2.84. The molecular formula is C14H9BrN2O2. The minimum Gasteiger partial charge on any atom is -0.478 e. The van der Waals surface area contributed by atoms with Gasteiger partial charge in [-0.25, -0.2) is 9.78 Å². The average molecular weight is 317 g/mol. The van der Waals surface area contributed by atoms with Gasteiger partial charge in [0.2, 0.25) is 0 Å². The molecule has 4 nitrogen and oxygen atoms in total. The molecule has 0 bridgehead atoms. The number of carboxylic acids is 1. The number of nitrogens with zero attached hydrogens (tertiary/aromatic N) is 2. The number of pyridine rings is 1. The van der Waals surface area contributed by atoms with E-state index in [1.165, 1.54) is 0 Å². The lowest BCUT2D eigenvalue weighted by Crippen LogP contribution is -1.99. The highest BCUT2D eigenvalue weighted by Gasteiger charge is 2.11. The standard InChI is InChI=1S/C14H9BrN2O2/c15-11-6-10(14(18)19)7-17-8-12(16-13(11)17)9-4-2-1-3-5-9/h1-8H,(H,18,19). The Kier molecular flexibility index (Phi) is 2.83. The number of hydrogen-bond donors (Lipinski definition) is 1. The Balaban J connectivity index is 2.21. The highest BCUT2D eigenvalue weighted by atomic mass is 79.9. The highest BCUT2D eigenvalue weighted by Crippen LogP contribution is 2.24. The van der Waals surface area contributed by atoms with E-state index >= 15 is 0 Å². The summed E-state index contributed by atoms with van der Waals surface area (Å²) >= 11 is 3.36. The van der Waals surface area contributed by atoms with Crippen LogP contribution in [0.5, 0.6) is 0 Å². The zero-order valence-corrected chi connectivity index (χ0v) is 11.3. The van der Waals surface area contributed by atoms with Gasteiger partial charge in [0.25, 0.3) is 0 Å². The van der Waals surface area contributed by atoms with Crippen LogP contribution >= 0.6 is 15.9 Å². The molecule has 0 radical (unpaired) electrons. The van der Waals surface area contributed by atoms with Crippen molar-refractivity contribution in [3.05, 3.63) is 58.8 Å². The van der Waals surface area contributed by atoms with Gasteiger partial charge in [0, 0.05) is 18.0 Å². The van der Waals surface area contributed by atoms with Gasteiger partial charge >= 0.3 is 5.97 Å². The Hall–Kier alpha value is -2.14. The molecule has 0 spiro atoms. The minimum atomic E-state index is -0.961. The number of aromatic carboxylic acids is 1. The van der Waals surface area contributed by atoms with E-state index in [-0.39, 0.29) is 5.56 Å². The van der Waals surface area contributed by atoms with Gasteiger partial charge in [-0.05, 0) is 22.0 Å². The van der Waals surface area contributed by atoms with Crippen molar-refractivity contribution in [1.82, 2.24) is 9.38 Å². The summed E-state index contributed by atoms with van der Waals surface area (Å²) in [4.78, 5) is 15.5. The van der Waals surface area contributed by atoms with Gasteiger partial charge in [-0.1, -0.05) is 30.3 Å². The highest BCUT2D eigenvalue weighted by molar-refractivity contribution is 9.10. The van der Waals surface area contributed by atoms with Crippen molar-refractivity contribution in [2.45, 2.75) is 0 Å². The summed E-state index contributed by atoms with van der Waals surface area (Å²) in [6, 6.07) is 11.3. The van der Waals surface area contributed by atoms with Crippen LogP contribution in [-0.2, 0) is 0 Å². The van der Waals surface area contributed by atoms with Crippen molar-refractivity contribution in [2.24, 2.45) is 0 Å². The topological polar surface area (TPSA) is 54.6 Å². The third kappa shape index (κ3) is 2.13. The molecule has 1 aromatic carbocycles. The number of hydrogen-bond acceptors (Lipinski definition) is 2. The Labute approximate surface area is 117 Å². The van der Waals surface area contributed by atoms with Crippen LogP contribution in [0.4, 0.5) is 0 Å². The van der Waals surface area contributed by atoms with E-state index in [1.807, 2.05) is 36.5 Å². The number of benzene rings is 1. The van der Waals surface area contributed by atoms with Gasteiger partial charge in [0.15, 0.2) is 5.65 Å². The summed E-state index contributed by atoms with van der Waals surface area (Å²) in [5.41, 5.74) is 2.72. The largest absolute Gasteiger partial charge is 0.478 e. The second-order valence-electron chi connectivity index (χ2n) is 4.10. The number of rotatable bonds is 2. The maximum atomic E-state index is 11.0. The molecule has 0 saturated heterocycles. The molecule has 0 amide bonds. The maximum Gasteiger partial charge on any atom is 0.337 e. The smallest absolute Gasteiger partial charge is 0.337 e. The van der Waals surface area contributed by atoms with Crippen molar-refractivity contribution in [2.75, 3.05) is 0 Å². The predicted molar refractivity (Wildman–Crippen MR) is 75.3 cm³/mol. The number of carboxylic acid groups (broad SMARTS) is 1. The molecule has 0 aliphatic carbocycles. The first-order chi connectivity index (χ1) is 9.15. The van der Waals surface area contributed by atoms with Gasteiger partial charge in [0.1, 0.15) is 0 Å². The minimum absolute atomic E-state index is 0.219. The van der Waals surface area contributed by atoms with E-state index in [1.54, 1.807) is 16.7 Å². The molecule has 19 heavy (non-hydrogen) atoms. The van der Waals surface area contributed by atoms with Gasteiger partial charge in [0.05, 0.1) is 15.7 Å². The Bertz CT molecular complexity index is 766. The van der Waals surface area contributed by atoms with Crippen LogP contribution in [-0.4, -0.2) is 20.5 Å². The fourth-order valence-corrected chi connectivity index (χ4v) is 2.46. The predicted octanol–water partition coefficient (Wildman–Crippen LogP) is 3.46. The molecule has 5 heteroatoms. The van der Waals surface area contributed by atoms with E-state index in [4.69, 9.17) is 5.11 Å². The maximum absolute atomic E-state index is 11.0. The van der Waals surface area contributed by atoms with Crippen molar-refractivity contribution >= 4 is 27.5 Å². The molecule has 2 heterocycles. The zero-order chi connectivity index (χ0) is 13.4. The number of carbonyl (C=O) groups is 1. The lowest BCUT2D eigenvalue weighted by Gasteiger charge is -1.98. The summed E-state index contributed by atoms with van der Waals surface area (Å²) in [7, 11) is 0. The number of imidazole rings is 1. The molecule has 0 fully saturated rings. The van der Waals surface area contributed by atoms with E-state index in [0.717, 1.165) is 11.3 Å². The molecular weight excluding hydrogens is 308 g/mol. The zero-order valence-electron chi connectivity index (χ0n) is 9.75. The Morgan fingerprint density at radius 2 is 1.95 bits per heavy atom. The van der Waals surface area contributed by atoms with Gasteiger partial charge in [-0.3, -0.25) is 0 Å². The first-order valence-electron chi connectivity index (χ1n) is 5.62. The third-order valence-electron chi connectivity index (χ3n) is 2.82. The van der Waals surface area contributed by atoms with Crippen LogP contribution < -0.4 is 0 Å². The van der Waals surface area contributed by atoms with Crippen LogP contribution in [0.1, 0.15) is 10.4 Å². The van der Waals surface area contributed by atoms with Gasteiger partial charge in [-0.15, -0.1) is 0 Å². The summed E-state index contributed by atoms with van der Waals surface area (Å²) < 4.78 is 2.38. The third-order valence-corrected chi connectivity index (χ3v) is 3.41. The number of fused-ring (bicyclic) bond motifs is 1. The molecule has 0 aliphatic heterocycles. The van der Waals surface area contributed by atoms with Gasteiger partial charge in [-0.2, -0.15) is 0 Å². The molecule has 2 aromatic heterocycles. The van der Waals surface area contributed by atoms with Crippen LogP contribution in [0, 0.1) is 0 Å². The van der Waals surface area contributed by atoms with Crippen LogP contribution in [0.2, 0.25) is 0 Å². The Morgan fingerprint density at radius 1 is 1.21 bits per heavy atom. The first-order valence-corrected chi connectivity index (χ1v) is 6.41. The quantitative estimate of drug-likeness (QED) is 0.787. The van der Waals surface area contributed by atoms with Crippen molar-refractivity contribution in [1.29, 1.82) is 0 Å². The summed E-state index contributed by atoms with van der Waals surface area (Å²) in [5, 5.41) is 9.04. The Morgan fingerprint density at radius 3 is 2.63 bits per heavy atom. The molecule has 0 atom stereocenters. The van der Waals surface area contributed by atoms with E-state index < -0.39 is 5.97 Å². The summed E-state index contributed by atoms with van der Waals surface area (Å²) in [5.74, 6) is -0.961. The molecule has 3 rings (SSSR count). The SMILES string of the molecule is O=C(O)c1cc(Br)c2nc(-c3ccccc3)cn2c1. The van der Waals surface area contributed by atoms with Crippen LogP contribution in [0.25, 0.3) is 16.9 Å². The lowest BCUT2D eigenvalue weighted by molar-refractivity contribution is 0.0696. The fraction of sp³-hybridized carbons (Fsp3) is 0. The van der Waals surface area contributed by atoms with Crippen molar-refractivity contribution in [3.8, 4) is 11.3 Å². The number of halogens is 1. The number of aromatic nitrogens is 2. The van der Waals surface area contributed by atoms with E-state index in [2.05, 4.69) is 20.9 Å². The lowest BCUT2D eigenvalue weighted by atomic mass is 10.2. The second kappa shape index (κ2) is 4.51. The van der Waals surface area contributed by atoms with E-state index in [9.17, 15) is 4.79 Å². The molecule has 3 aromatic rings. The first kappa shape index (κ1) is 11.9. The molecule has 0 aliphatic rings. The normalized spacial score (nSPS) is 10.8. The van der Waals surface area contributed by atoms with Crippen molar-refractivity contribution < 1.29 is 9.90 Å². The van der Waals surface area contributed by atoms with Crippen LogP contribution in [0.3, 0.4) is 0 Å². The van der Waals surface area contributed by atoms with Gasteiger partial charge < -0.3 is 9.51 Å². The summed E-state index contributed by atoms with van der Waals surface area (Å²) in [6.07, 6.45) is 3.38. The molecule has 1 N–H and O–H groups in total. The molecule has 0 saturated carbocycles. The second-order valence-corrected chi connectivity index (χ2v) is 4.96. The monoisotopic (exact) mass is 316 g/mol. The molecule has 0 unspecified atom stereocenters. The molecule has 94 valence electrons. The van der Waals surface area contributed by atoms with Crippen LogP contribution in [0.15, 0.2) is 53.3 Å². The van der Waals surface area contributed by atoms with Crippen molar-refractivity contribution in [3.63, 3.8) is 0 Å². The fourth-order valence-electron chi connectivity index (χ4n) is 1.92.